The number of aromatic amines is 1. The number of nitrogens with zero attached hydrogens (tertiary/aromatic N) is 3. The number of hydrogen-bond donors (Lipinski definition) is 3. The molecule has 0 bridgehead atoms. The molecular formula is C19H28N6O2. The number of methoxy groups -OCH3 is 1. The molecule has 2 heterocycles. The Labute approximate surface area is 159 Å². The van der Waals surface area contributed by atoms with Gasteiger partial charge in [0.15, 0.2) is 5.82 Å². The summed E-state index contributed by atoms with van der Waals surface area (Å²) < 4.78 is 5.54. The van der Waals surface area contributed by atoms with Gasteiger partial charge < -0.3 is 15.4 Å². The number of carbonyl (C=O) groups is 1. The predicted octanol–water partition coefficient (Wildman–Crippen LogP) is 2.26. The summed E-state index contributed by atoms with van der Waals surface area (Å²) in [5.74, 6) is 1.46. The highest BCUT2D eigenvalue weighted by Gasteiger charge is 2.34. The zero-order valence-corrected chi connectivity index (χ0v) is 16.3. The molecule has 0 saturated carbocycles. The van der Waals surface area contributed by atoms with E-state index in [2.05, 4.69) is 44.6 Å². The van der Waals surface area contributed by atoms with Crippen molar-refractivity contribution in [2.24, 2.45) is 0 Å². The Balaban J connectivity index is 1.63. The molecule has 2 amide bonds. The number of aryl methyl sites for hydroxylation is 1. The van der Waals surface area contributed by atoms with Gasteiger partial charge in [0.05, 0.1) is 12.1 Å². The first-order chi connectivity index (χ1) is 13.0. The second kappa shape index (κ2) is 8.49. The van der Waals surface area contributed by atoms with Crippen LogP contribution in [0, 0.1) is 0 Å². The molecule has 0 radical (unpaired) electrons. The number of likely N-dealkylation sites (tertiary alicyclic amines) is 1. The van der Waals surface area contributed by atoms with Crippen molar-refractivity contribution in [2.75, 3.05) is 25.5 Å². The number of urea groups is 1. The number of benzene rings is 1. The number of ether oxygens (including phenoxy) is 1. The van der Waals surface area contributed by atoms with Crippen molar-refractivity contribution in [3.8, 4) is 11.4 Å². The van der Waals surface area contributed by atoms with Gasteiger partial charge in [0.1, 0.15) is 5.82 Å². The quantitative estimate of drug-likeness (QED) is 0.723. The van der Waals surface area contributed by atoms with Crippen LogP contribution in [0.2, 0.25) is 0 Å². The summed E-state index contributed by atoms with van der Waals surface area (Å²) in [5, 5.41) is 13.1. The van der Waals surface area contributed by atoms with Crippen LogP contribution >= 0.6 is 0 Å². The number of H-pyrrole nitrogens is 1. The maximum absolute atomic E-state index is 12.5. The van der Waals surface area contributed by atoms with E-state index >= 15 is 0 Å². The molecule has 1 saturated heterocycles. The number of carbonyl (C=O) groups excluding carboxylic acids is 1. The van der Waals surface area contributed by atoms with Crippen LogP contribution in [0.4, 0.5) is 10.5 Å². The minimum absolute atomic E-state index is 0.00907. The molecule has 1 aliphatic heterocycles. The largest absolute Gasteiger partial charge is 0.378 e. The van der Waals surface area contributed by atoms with Gasteiger partial charge in [-0.15, -0.1) is 0 Å². The molecule has 0 aliphatic carbocycles. The van der Waals surface area contributed by atoms with Crippen molar-refractivity contribution in [1.82, 2.24) is 25.4 Å². The van der Waals surface area contributed by atoms with E-state index in [1.54, 1.807) is 7.11 Å². The SMILES string of the molecule is CCc1nc(-c2cccc(NC(=O)N[C@H]3CN(C(C)C)C[C@@H]3OC)c2)n[nH]1. The van der Waals surface area contributed by atoms with Crippen LogP contribution in [0.5, 0.6) is 0 Å². The van der Waals surface area contributed by atoms with Gasteiger partial charge in [-0.25, -0.2) is 9.78 Å². The molecule has 3 N–H and O–H groups in total. The first kappa shape index (κ1) is 19.3. The summed E-state index contributed by atoms with van der Waals surface area (Å²) in [4.78, 5) is 19.2. The lowest BCUT2D eigenvalue weighted by Gasteiger charge is -2.20. The molecule has 1 fully saturated rings. The van der Waals surface area contributed by atoms with Crippen LogP contribution in [0.1, 0.15) is 26.6 Å². The molecular weight excluding hydrogens is 344 g/mol. The number of rotatable bonds is 6. The third-order valence-electron chi connectivity index (χ3n) is 4.89. The van der Waals surface area contributed by atoms with E-state index in [1.165, 1.54) is 0 Å². The van der Waals surface area contributed by atoms with Gasteiger partial charge in [-0.2, -0.15) is 5.10 Å². The van der Waals surface area contributed by atoms with Gasteiger partial charge in [0, 0.05) is 43.9 Å². The van der Waals surface area contributed by atoms with Gasteiger partial charge in [-0.3, -0.25) is 10.00 Å². The van der Waals surface area contributed by atoms with Gasteiger partial charge in [-0.1, -0.05) is 19.1 Å². The number of nitrogens with one attached hydrogen (secondary N) is 3. The molecule has 8 nitrogen and oxygen atoms in total. The first-order valence-electron chi connectivity index (χ1n) is 9.36. The lowest BCUT2D eigenvalue weighted by atomic mass is 10.2. The Bertz CT molecular complexity index is 775. The van der Waals surface area contributed by atoms with Crippen LogP contribution in [-0.2, 0) is 11.2 Å². The second-order valence-electron chi connectivity index (χ2n) is 7.07. The summed E-state index contributed by atoms with van der Waals surface area (Å²) in [5.41, 5.74) is 1.55. The Morgan fingerprint density at radius 1 is 1.41 bits per heavy atom. The van der Waals surface area contributed by atoms with Crippen molar-refractivity contribution in [3.63, 3.8) is 0 Å². The normalized spacial score (nSPS) is 20.2. The minimum Gasteiger partial charge on any atom is -0.378 e. The van der Waals surface area contributed by atoms with Crippen molar-refractivity contribution < 1.29 is 9.53 Å². The Hall–Kier alpha value is -2.45. The van der Waals surface area contributed by atoms with Crippen LogP contribution in [0.25, 0.3) is 11.4 Å². The summed E-state index contributed by atoms with van der Waals surface area (Å²) in [6, 6.07) is 7.65. The Morgan fingerprint density at radius 2 is 2.22 bits per heavy atom. The maximum Gasteiger partial charge on any atom is 0.319 e. The van der Waals surface area contributed by atoms with Crippen LogP contribution < -0.4 is 10.6 Å². The smallest absolute Gasteiger partial charge is 0.319 e. The fraction of sp³-hybridized carbons (Fsp3) is 0.526. The molecule has 2 atom stereocenters. The fourth-order valence-electron chi connectivity index (χ4n) is 3.26. The highest BCUT2D eigenvalue weighted by Crippen LogP contribution is 2.20. The zero-order chi connectivity index (χ0) is 19.4. The molecule has 0 unspecified atom stereocenters. The molecule has 1 aliphatic rings. The van der Waals surface area contributed by atoms with E-state index in [9.17, 15) is 4.79 Å². The lowest BCUT2D eigenvalue weighted by molar-refractivity contribution is 0.0896. The maximum atomic E-state index is 12.5. The topological polar surface area (TPSA) is 95.2 Å². The van der Waals surface area contributed by atoms with E-state index in [0.717, 1.165) is 30.9 Å². The summed E-state index contributed by atoms with van der Waals surface area (Å²) in [6.45, 7) is 7.91. The van der Waals surface area contributed by atoms with Gasteiger partial charge in [-0.05, 0) is 26.0 Å². The lowest BCUT2D eigenvalue weighted by Crippen LogP contribution is -2.45. The van der Waals surface area contributed by atoms with Gasteiger partial charge >= 0.3 is 6.03 Å². The summed E-state index contributed by atoms with van der Waals surface area (Å²) in [6.07, 6.45) is 0.785. The van der Waals surface area contributed by atoms with E-state index in [0.29, 0.717) is 17.6 Å². The highest BCUT2D eigenvalue weighted by molar-refractivity contribution is 5.90. The minimum atomic E-state index is -0.242. The third-order valence-corrected chi connectivity index (χ3v) is 4.89. The number of aromatic nitrogens is 3. The van der Waals surface area contributed by atoms with Crippen molar-refractivity contribution in [3.05, 3.63) is 30.1 Å². The second-order valence-corrected chi connectivity index (χ2v) is 7.07. The molecule has 3 rings (SSSR count). The average Bonchev–Trinajstić information content (AvgIpc) is 3.28. The number of hydrogen-bond acceptors (Lipinski definition) is 5. The van der Waals surface area contributed by atoms with Crippen LogP contribution in [0.3, 0.4) is 0 Å². The van der Waals surface area contributed by atoms with Crippen LogP contribution in [0.15, 0.2) is 24.3 Å². The van der Waals surface area contributed by atoms with E-state index in [1.807, 2.05) is 31.2 Å². The standard InChI is InChI=1S/C19H28N6O2/c1-5-17-22-18(24-23-17)13-7-6-8-14(9-13)20-19(26)21-15-10-25(12(2)3)11-16(15)27-4/h6-9,12,15-16H,5,10-11H2,1-4H3,(H2,20,21,26)(H,22,23,24)/t15-,16-/m0/s1. The molecule has 1 aromatic carbocycles. The number of amides is 2. The molecule has 1 aromatic heterocycles. The number of anilines is 1. The van der Waals surface area contributed by atoms with Gasteiger partial charge in [0.25, 0.3) is 0 Å². The van der Waals surface area contributed by atoms with E-state index < -0.39 is 0 Å². The van der Waals surface area contributed by atoms with Crippen molar-refractivity contribution in [1.29, 1.82) is 0 Å². The molecule has 146 valence electrons. The summed E-state index contributed by atoms with van der Waals surface area (Å²) >= 11 is 0. The molecule has 0 spiro atoms. The zero-order valence-electron chi connectivity index (χ0n) is 16.3. The predicted molar refractivity (Wildman–Crippen MR) is 105 cm³/mol. The Morgan fingerprint density at radius 3 is 2.89 bits per heavy atom. The van der Waals surface area contributed by atoms with E-state index in [4.69, 9.17) is 4.74 Å². The summed E-state index contributed by atoms with van der Waals surface area (Å²) in [7, 11) is 1.69. The molecule has 8 heteroatoms. The first-order valence-corrected chi connectivity index (χ1v) is 9.36. The molecule has 2 aromatic rings. The van der Waals surface area contributed by atoms with Gasteiger partial charge in [0.2, 0.25) is 0 Å². The highest BCUT2D eigenvalue weighted by atomic mass is 16.5. The monoisotopic (exact) mass is 372 g/mol. The van der Waals surface area contributed by atoms with Crippen molar-refractivity contribution >= 4 is 11.7 Å². The fourth-order valence-corrected chi connectivity index (χ4v) is 3.26. The van der Waals surface area contributed by atoms with E-state index in [-0.39, 0.29) is 18.2 Å². The van der Waals surface area contributed by atoms with Crippen molar-refractivity contribution in [2.45, 2.75) is 45.4 Å². The third kappa shape index (κ3) is 4.64. The molecule has 27 heavy (non-hydrogen) atoms. The Kier molecular flexibility index (Phi) is 6.08. The van der Waals surface area contributed by atoms with Crippen LogP contribution in [-0.4, -0.2) is 64.5 Å². The average molecular weight is 372 g/mol.